The number of hydrogen-bond donors (Lipinski definition) is 1. The molecule has 0 radical (unpaired) electrons. The van der Waals surface area contributed by atoms with Crippen molar-refractivity contribution in [2.45, 2.75) is 23.9 Å². The molecule has 0 amide bonds. The van der Waals surface area contributed by atoms with Gasteiger partial charge in [0.05, 0.1) is 6.04 Å². The van der Waals surface area contributed by atoms with Gasteiger partial charge in [0.25, 0.3) is 5.22 Å². The Hall–Kier alpha value is -1.04. The van der Waals surface area contributed by atoms with Gasteiger partial charge in [-0.05, 0) is 18.6 Å². The maximum atomic E-state index is 6.05. The molecule has 0 aliphatic heterocycles. The van der Waals surface area contributed by atoms with Crippen molar-refractivity contribution in [1.82, 2.24) is 10.2 Å². The van der Waals surface area contributed by atoms with Crippen molar-refractivity contribution in [2.75, 3.05) is 0 Å². The van der Waals surface area contributed by atoms with E-state index in [2.05, 4.69) is 10.2 Å². The highest BCUT2D eigenvalue weighted by Crippen LogP contribution is 2.26. The first-order valence-corrected chi connectivity index (χ1v) is 6.48. The fourth-order valence-electron chi connectivity index (χ4n) is 1.22. The summed E-state index contributed by atoms with van der Waals surface area (Å²) >= 11 is 7.49. The van der Waals surface area contributed by atoms with Gasteiger partial charge in [0.15, 0.2) is 0 Å². The van der Waals surface area contributed by atoms with Crippen LogP contribution >= 0.6 is 23.4 Å². The summed E-state index contributed by atoms with van der Waals surface area (Å²) in [4.78, 5) is 0. The standard InChI is InChI=1S/C11H12ClN3OS/c1-7(13)10-14-15-11(16-10)17-6-8-4-2-3-5-9(8)12/h2-5,7H,6,13H2,1H3. The van der Waals surface area contributed by atoms with Gasteiger partial charge in [-0.1, -0.05) is 41.6 Å². The number of nitrogens with zero attached hydrogens (tertiary/aromatic N) is 2. The van der Waals surface area contributed by atoms with Gasteiger partial charge in [-0.15, -0.1) is 10.2 Å². The van der Waals surface area contributed by atoms with Crippen LogP contribution in [0.1, 0.15) is 24.4 Å². The number of benzene rings is 1. The van der Waals surface area contributed by atoms with Gasteiger partial charge in [0.1, 0.15) is 0 Å². The third-order valence-corrected chi connectivity index (χ3v) is 3.36. The van der Waals surface area contributed by atoms with E-state index in [4.69, 9.17) is 21.8 Å². The van der Waals surface area contributed by atoms with Crippen LogP contribution in [0.5, 0.6) is 0 Å². The number of rotatable bonds is 4. The third-order valence-electron chi connectivity index (χ3n) is 2.12. The van der Waals surface area contributed by atoms with Crippen LogP contribution in [-0.2, 0) is 5.75 Å². The molecular formula is C11H12ClN3OS. The Labute approximate surface area is 109 Å². The van der Waals surface area contributed by atoms with Crippen LogP contribution in [0.2, 0.25) is 5.02 Å². The zero-order chi connectivity index (χ0) is 12.3. The monoisotopic (exact) mass is 269 g/mol. The Bertz CT molecular complexity index is 501. The van der Waals surface area contributed by atoms with Gasteiger partial charge in [-0.25, -0.2) is 0 Å². The number of nitrogens with two attached hydrogens (primary N) is 1. The largest absolute Gasteiger partial charge is 0.414 e. The average molecular weight is 270 g/mol. The molecule has 0 fully saturated rings. The van der Waals surface area contributed by atoms with Crippen LogP contribution in [0.15, 0.2) is 33.9 Å². The Kier molecular flexibility index (Phi) is 4.04. The van der Waals surface area contributed by atoms with Gasteiger partial charge in [0, 0.05) is 10.8 Å². The molecule has 1 aromatic heterocycles. The van der Waals surface area contributed by atoms with Crippen LogP contribution in [0.4, 0.5) is 0 Å². The molecule has 0 bridgehead atoms. The predicted molar refractivity (Wildman–Crippen MR) is 67.9 cm³/mol. The zero-order valence-corrected chi connectivity index (χ0v) is 10.8. The van der Waals surface area contributed by atoms with Gasteiger partial charge < -0.3 is 10.2 Å². The molecule has 1 heterocycles. The summed E-state index contributed by atoms with van der Waals surface area (Å²) in [6.07, 6.45) is 0. The quantitative estimate of drug-likeness (QED) is 0.865. The minimum atomic E-state index is -0.239. The summed E-state index contributed by atoms with van der Waals surface area (Å²) in [5.41, 5.74) is 6.67. The molecule has 1 atom stereocenters. The lowest BCUT2D eigenvalue weighted by molar-refractivity contribution is 0.394. The summed E-state index contributed by atoms with van der Waals surface area (Å²) in [5.74, 6) is 1.15. The number of hydrogen-bond acceptors (Lipinski definition) is 5. The van der Waals surface area contributed by atoms with E-state index < -0.39 is 0 Å². The second kappa shape index (κ2) is 5.53. The molecule has 2 N–H and O–H groups in total. The second-order valence-corrected chi connectivity index (χ2v) is 4.91. The van der Waals surface area contributed by atoms with Crippen molar-refractivity contribution in [3.05, 3.63) is 40.7 Å². The van der Waals surface area contributed by atoms with Crippen molar-refractivity contribution in [2.24, 2.45) is 5.73 Å². The molecule has 0 spiro atoms. The van der Waals surface area contributed by atoms with E-state index >= 15 is 0 Å². The van der Waals surface area contributed by atoms with Gasteiger partial charge in [-0.3, -0.25) is 0 Å². The minimum Gasteiger partial charge on any atom is -0.414 e. The third kappa shape index (κ3) is 3.21. The average Bonchev–Trinajstić information content (AvgIpc) is 2.77. The smallest absolute Gasteiger partial charge is 0.276 e. The molecule has 1 unspecified atom stereocenters. The Morgan fingerprint density at radius 1 is 1.41 bits per heavy atom. The van der Waals surface area contributed by atoms with E-state index in [0.29, 0.717) is 16.9 Å². The number of halogens is 1. The van der Waals surface area contributed by atoms with E-state index in [-0.39, 0.29) is 6.04 Å². The molecule has 17 heavy (non-hydrogen) atoms. The maximum absolute atomic E-state index is 6.05. The van der Waals surface area contributed by atoms with E-state index in [1.807, 2.05) is 24.3 Å². The van der Waals surface area contributed by atoms with Gasteiger partial charge in [0.2, 0.25) is 5.89 Å². The van der Waals surface area contributed by atoms with Crippen LogP contribution in [0.3, 0.4) is 0 Å². The summed E-state index contributed by atoms with van der Waals surface area (Å²) in [7, 11) is 0. The molecular weight excluding hydrogens is 258 g/mol. The van der Waals surface area contributed by atoms with E-state index in [1.54, 1.807) is 6.92 Å². The molecule has 2 aromatic rings. The van der Waals surface area contributed by atoms with Crippen molar-refractivity contribution >= 4 is 23.4 Å². The summed E-state index contributed by atoms with van der Waals surface area (Å²) in [6.45, 7) is 1.80. The Morgan fingerprint density at radius 2 is 2.18 bits per heavy atom. The highest BCUT2D eigenvalue weighted by molar-refractivity contribution is 7.98. The van der Waals surface area contributed by atoms with Crippen LogP contribution in [0, 0.1) is 0 Å². The molecule has 0 saturated heterocycles. The second-order valence-electron chi connectivity index (χ2n) is 3.57. The first-order valence-electron chi connectivity index (χ1n) is 5.12. The van der Waals surface area contributed by atoms with Crippen molar-refractivity contribution in [1.29, 1.82) is 0 Å². The molecule has 0 aliphatic rings. The molecule has 2 rings (SSSR count). The molecule has 0 saturated carbocycles. The first kappa shape index (κ1) is 12.4. The van der Waals surface area contributed by atoms with Crippen molar-refractivity contribution in [3.63, 3.8) is 0 Å². The lowest BCUT2D eigenvalue weighted by Gasteiger charge is -2.00. The number of aromatic nitrogens is 2. The SMILES string of the molecule is CC(N)c1nnc(SCc2ccccc2Cl)o1. The molecule has 0 aliphatic carbocycles. The molecule has 6 heteroatoms. The summed E-state index contributed by atoms with van der Waals surface area (Å²) in [6, 6.07) is 7.44. The van der Waals surface area contributed by atoms with E-state index in [1.165, 1.54) is 11.8 Å². The van der Waals surface area contributed by atoms with Crippen LogP contribution < -0.4 is 5.73 Å². The first-order chi connectivity index (χ1) is 8.16. The minimum absolute atomic E-state index is 0.239. The summed E-state index contributed by atoms with van der Waals surface area (Å²) in [5, 5.41) is 9.01. The Morgan fingerprint density at radius 3 is 2.82 bits per heavy atom. The normalized spacial score (nSPS) is 12.6. The fourth-order valence-corrected chi connectivity index (χ4v) is 2.27. The van der Waals surface area contributed by atoms with Crippen LogP contribution in [0.25, 0.3) is 0 Å². The summed E-state index contributed by atoms with van der Waals surface area (Å²) < 4.78 is 5.38. The zero-order valence-electron chi connectivity index (χ0n) is 9.26. The Balaban J connectivity index is 2.00. The molecule has 4 nitrogen and oxygen atoms in total. The van der Waals surface area contributed by atoms with Gasteiger partial charge >= 0.3 is 0 Å². The highest BCUT2D eigenvalue weighted by Gasteiger charge is 2.10. The van der Waals surface area contributed by atoms with Crippen molar-refractivity contribution in [3.8, 4) is 0 Å². The van der Waals surface area contributed by atoms with E-state index in [0.717, 1.165) is 10.6 Å². The number of thioether (sulfide) groups is 1. The van der Waals surface area contributed by atoms with Gasteiger partial charge in [-0.2, -0.15) is 0 Å². The fraction of sp³-hybridized carbons (Fsp3) is 0.273. The molecule has 90 valence electrons. The lowest BCUT2D eigenvalue weighted by atomic mass is 10.2. The highest BCUT2D eigenvalue weighted by atomic mass is 35.5. The molecule has 1 aromatic carbocycles. The topological polar surface area (TPSA) is 64.9 Å². The maximum Gasteiger partial charge on any atom is 0.276 e. The van der Waals surface area contributed by atoms with Crippen LogP contribution in [-0.4, -0.2) is 10.2 Å². The predicted octanol–water partition coefficient (Wildman–Crippen LogP) is 3.04. The lowest BCUT2D eigenvalue weighted by Crippen LogP contribution is -2.04. The van der Waals surface area contributed by atoms with Crippen molar-refractivity contribution < 1.29 is 4.42 Å². The van der Waals surface area contributed by atoms with E-state index in [9.17, 15) is 0 Å².